The topological polar surface area (TPSA) is 32.3 Å². The fourth-order valence-electron chi connectivity index (χ4n) is 3.87. The van der Waals surface area contributed by atoms with Crippen molar-refractivity contribution in [1.82, 2.24) is 10.2 Å². The minimum atomic E-state index is 0.150. The van der Waals surface area contributed by atoms with Crippen LogP contribution in [0.4, 0.5) is 0 Å². The van der Waals surface area contributed by atoms with Crippen molar-refractivity contribution in [3.8, 4) is 0 Å². The van der Waals surface area contributed by atoms with Crippen LogP contribution in [0.5, 0.6) is 0 Å². The number of benzene rings is 1. The van der Waals surface area contributed by atoms with Crippen LogP contribution in [-0.4, -0.2) is 37.5 Å². The molecule has 0 radical (unpaired) electrons. The largest absolute Gasteiger partial charge is 0.359 e. The summed E-state index contributed by atoms with van der Waals surface area (Å²) < 4.78 is 0. The highest BCUT2D eigenvalue weighted by Crippen LogP contribution is 2.45. The lowest BCUT2D eigenvalue weighted by atomic mass is 9.74. The summed E-state index contributed by atoms with van der Waals surface area (Å²) in [4.78, 5) is 13.8. The molecule has 1 aliphatic carbocycles. The van der Waals surface area contributed by atoms with E-state index in [1.165, 1.54) is 25.7 Å². The number of fused-ring (bicyclic) bond motifs is 2. The minimum absolute atomic E-state index is 0.150. The Hall–Kier alpha value is -1.35. The third-order valence-electron chi connectivity index (χ3n) is 5.21. The quantitative estimate of drug-likeness (QED) is 0.914. The zero-order chi connectivity index (χ0) is 14.0. The molecule has 3 nitrogen and oxygen atoms in total. The Bertz CT molecular complexity index is 490. The number of nitrogens with one attached hydrogen (secondary N) is 1. The molecule has 3 rings (SSSR count). The van der Waals surface area contributed by atoms with Crippen molar-refractivity contribution in [2.24, 2.45) is 0 Å². The molecule has 1 aromatic rings. The van der Waals surface area contributed by atoms with Crippen LogP contribution in [-0.2, 0) is 16.6 Å². The second kappa shape index (κ2) is 5.57. The van der Waals surface area contributed by atoms with E-state index in [4.69, 9.17) is 0 Å². The van der Waals surface area contributed by atoms with E-state index >= 15 is 0 Å². The summed E-state index contributed by atoms with van der Waals surface area (Å²) in [5.74, 6) is 0.150. The summed E-state index contributed by atoms with van der Waals surface area (Å²) >= 11 is 0. The van der Waals surface area contributed by atoms with Crippen LogP contribution in [0.1, 0.15) is 36.8 Å². The maximum Gasteiger partial charge on any atom is 0.221 e. The van der Waals surface area contributed by atoms with Crippen molar-refractivity contribution >= 4 is 5.91 Å². The molecule has 0 aromatic heterocycles. The van der Waals surface area contributed by atoms with E-state index in [-0.39, 0.29) is 5.91 Å². The van der Waals surface area contributed by atoms with E-state index in [0.717, 1.165) is 19.6 Å². The molecule has 1 aromatic carbocycles. The van der Waals surface area contributed by atoms with Crippen LogP contribution < -0.4 is 5.32 Å². The lowest BCUT2D eigenvalue weighted by Crippen LogP contribution is -2.42. The molecule has 2 aliphatic rings. The summed E-state index contributed by atoms with van der Waals surface area (Å²) in [5.41, 5.74) is 3.59. The number of aryl methyl sites for hydroxylation is 1. The molecule has 1 spiro atoms. The van der Waals surface area contributed by atoms with E-state index in [0.29, 0.717) is 11.8 Å². The van der Waals surface area contributed by atoms with Gasteiger partial charge in [-0.1, -0.05) is 24.3 Å². The number of likely N-dealkylation sites (tertiary alicyclic amines) is 1. The number of piperidine rings is 1. The third kappa shape index (κ3) is 2.47. The molecule has 1 saturated heterocycles. The number of amides is 1. The molecule has 1 N–H and O–H groups in total. The van der Waals surface area contributed by atoms with Gasteiger partial charge in [0.05, 0.1) is 0 Å². The molecule has 1 heterocycles. The van der Waals surface area contributed by atoms with Crippen molar-refractivity contribution in [2.45, 2.75) is 37.5 Å². The molecule has 108 valence electrons. The van der Waals surface area contributed by atoms with Gasteiger partial charge in [-0.15, -0.1) is 0 Å². The highest BCUT2D eigenvalue weighted by molar-refractivity contribution is 5.75. The Morgan fingerprint density at radius 1 is 1.25 bits per heavy atom. The number of hydrogen-bond donors (Lipinski definition) is 1. The summed E-state index contributed by atoms with van der Waals surface area (Å²) in [6, 6.07) is 8.98. The molecule has 0 atom stereocenters. The zero-order valence-electron chi connectivity index (χ0n) is 12.3. The van der Waals surface area contributed by atoms with Crippen LogP contribution in [0.2, 0.25) is 0 Å². The molecule has 20 heavy (non-hydrogen) atoms. The maximum atomic E-state index is 11.3. The van der Waals surface area contributed by atoms with Gasteiger partial charge in [-0.3, -0.25) is 4.79 Å². The highest BCUT2D eigenvalue weighted by atomic mass is 16.1. The Kier molecular flexibility index (Phi) is 3.79. The number of carbonyl (C=O) groups excluding carboxylic acids is 1. The second-order valence-corrected chi connectivity index (χ2v) is 6.20. The molecule has 1 amide bonds. The van der Waals surface area contributed by atoms with Gasteiger partial charge < -0.3 is 10.2 Å². The second-order valence-electron chi connectivity index (χ2n) is 6.20. The SMILES string of the molecule is CNC(=O)CCN1CCC2(CCc3ccccc32)CC1. The van der Waals surface area contributed by atoms with Crippen LogP contribution >= 0.6 is 0 Å². The van der Waals surface area contributed by atoms with Gasteiger partial charge in [0.1, 0.15) is 0 Å². The Morgan fingerprint density at radius 3 is 2.75 bits per heavy atom. The van der Waals surface area contributed by atoms with Crippen molar-refractivity contribution < 1.29 is 4.79 Å². The maximum absolute atomic E-state index is 11.3. The predicted molar refractivity (Wildman–Crippen MR) is 80.8 cm³/mol. The van der Waals surface area contributed by atoms with E-state index < -0.39 is 0 Å². The van der Waals surface area contributed by atoms with Crippen LogP contribution in [0.15, 0.2) is 24.3 Å². The number of hydrogen-bond acceptors (Lipinski definition) is 2. The van der Waals surface area contributed by atoms with E-state index in [1.807, 2.05) is 0 Å². The zero-order valence-corrected chi connectivity index (χ0v) is 12.3. The van der Waals surface area contributed by atoms with Gasteiger partial charge in [0.2, 0.25) is 5.91 Å². The Labute approximate surface area is 121 Å². The van der Waals surface area contributed by atoms with Gasteiger partial charge in [-0.2, -0.15) is 0 Å². The Balaban J connectivity index is 1.61. The van der Waals surface area contributed by atoms with Crippen molar-refractivity contribution in [1.29, 1.82) is 0 Å². The number of nitrogens with zero attached hydrogens (tertiary/aromatic N) is 1. The van der Waals surface area contributed by atoms with Gasteiger partial charge in [-0.25, -0.2) is 0 Å². The number of carbonyl (C=O) groups is 1. The van der Waals surface area contributed by atoms with Gasteiger partial charge in [0.25, 0.3) is 0 Å². The van der Waals surface area contributed by atoms with Crippen LogP contribution in [0.25, 0.3) is 0 Å². The lowest BCUT2D eigenvalue weighted by Gasteiger charge is -2.40. The van der Waals surface area contributed by atoms with Crippen molar-refractivity contribution in [3.63, 3.8) is 0 Å². The predicted octanol–water partition coefficient (Wildman–Crippen LogP) is 2.10. The van der Waals surface area contributed by atoms with Gasteiger partial charge in [-0.05, 0) is 55.3 Å². The van der Waals surface area contributed by atoms with E-state index in [9.17, 15) is 4.79 Å². The molecular weight excluding hydrogens is 248 g/mol. The third-order valence-corrected chi connectivity index (χ3v) is 5.21. The summed E-state index contributed by atoms with van der Waals surface area (Å²) in [5, 5.41) is 2.70. The monoisotopic (exact) mass is 272 g/mol. The highest BCUT2D eigenvalue weighted by Gasteiger charge is 2.40. The number of rotatable bonds is 3. The smallest absolute Gasteiger partial charge is 0.221 e. The molecule has 1 aliphatic heterocycles. The lowest BCUT2D eigenvalue weighted by molar-refractivity contribution is -0.121. The van der Waals surface area contributed by atoms with E-state index in [2.05, 4.69) is 34.5 Å². The minimum Gasteiger partial charge on any atom is -0.359 e. The standard InChI is InChI=1S/C17H24N2O/c1-18-16(20)7-11-19-12-9-17(10-13-19)8-6-14-4-2-3-5-15(14)17/h2-5H,6-13H2,1H3,(H,18,20). The average Bonchev–Trinajstić information content (AvgIpc) is 2.86. The average molecular weight is 272 g/mol. The first-order chi connectivity index (χ1) is 9.73. The molecule has 0 bridgehead atoms. The summed E-state index contributed by atoms with van der Waals surface area (Å²) in [7, 11) is 1.71. The fraction of sp³-hybridized carbons (Fsp3) is 0.588. The summed E-state index contributed by atoms with van der Waals surface area (Å²) in [6.45, 7) is 3.16. The van der Waals surface area contributed by atoms with Crippen LogP contribution in [0.3, 0.4) is 0 Å². The van der Waals surface area contributed by atoms with Crippen LogP contribution in [0, 0.1) is 0 Å². The first-order valence-corrected chi connectivity index (χ1v) is 7.75. The Morgan fingerprint density at radius 2 is 2.00 bits per heavy atom. The van der Waals surface area contributed by atoms with Gasteiger partial charge >= 0.3 is 0 Å². The van der Waals surface area contributed by atoms with Gasteiger partial charge in [0, 0.05) is 20.0 Å². The first-order valence-electron chi connectivity index (χ1n) is 7.75. The normalized spacial score (nSPS) is 20.9. The van der Waals surface area contributed by atoms with Gasteiger partial charge in [0.15, 0.2) is 0 Å². The molecule has 3 heteroatoms. The van der Waals surface area contributed by atoms with E-state index in [1.54, 1.807) is 18.2 Å². The molecular formula is C17H24N2O. The van der Waals surface area contributed by atoms with Crippen molar-refractivity contribution in [2.75, 3.05) is 26.7 Å². The molecule has 0 saturated carbocycles. The fourth-order valence-corrected chi connectivity index (χ4v) is 3.87. The molecule has 1 fully saturated rings. The first kappa shape index (κ1) is 13.6. The van der Waals surface area contributed by atoms with Crippen molar-refractivity contribution in [3.05, 3.63) is 35.4 Å². The summed E-state index contributed by atoms with van der Waals surface area (Å²) in [6.07, 6.45) is 5.68. The molecule has 0 unspecified atom stereocenters.